The number of rotatable bonds is 3. The molecule has 1 aromatic carbocycles. The highest BCUT2D eigenvalue weighted by atomic mass is 79.9. The molecule has 0 aliphatic carbocycles. The number of carbonyl (C=O) groups excluding carboxylic acids is 1. The van der Waals surface area contributed by atoms with Gasteiger partial charge in [-0.3, -0.25) is 4.79 Å². The lowest BCUT2D eigenvalue weighted by atomic mass is 10.0. The van der Waals surface area contributed by atoms with Crippen molar-refractivity contribution in [3.05, 3.63) is 33.3 Å². The van der Waals surface area contributed by atoms with Crippen LogP contribution in [0.2, 0.25) is 5.02 Å². The minimum Gasteiger partial charge on any atom is -0.293 e. The van der Waals surface area contributed by atoms with Crippen LogP contribution in [0.1, 0.15) is 24.2 Å². The van der Waals surface area contributed by atoms with E-state index in [1.165, 1.54) is 11.8 Å². The van der Waals surface area contributed by atoms with Crippen molar-refractivity contribution in [2.24, 2.45) is 0 Å². The zero-order chi connectivity index (χ0) is 11.6. The van der Waals surface area contributed by atoms with Crippen LogP contribution in [-0.2, 0) is 0 Å². The first-order valence-corrected chi connectivity index (χ1v) is 6.83. The van der Waals surface area contributed by atoms with Gasteiger partial charge in [0.1, 0.15) is 0 Å². The summed E-state index contributed by atoms with van der Waals surface area (Å²) in [5, 5.41) is 0.497. The Hall–Kier alpha value is 0.01000. The van der Waals surface area contributed by atoms with Crippen LogP contribution < -0.4 is 0 Å². The summed E-state index contributed by atoms with van der Waals surface area (Å²) in [6.45, 7) is 3.80. The molecule has 0 unspecified atom stereocenters. The average molecular weight is 308 g/mol. The van der Waals surface area contributed by atoms with Gasteiger partial charge in [0.15, 0.2) is 5.78 Å². The summed E-state index contributed by atoms with van der Waals surface area (Å²) in [4.78, 5) is 12.2. The van der Waals surface area contributed by atoms with Gasteiger partial charge in [-0.2, -0.15) is 11.8 Å². The third kappa shape index (κ3) is 2.77. The molecule has 0 aliphatic rings. The number of hydrogen-bond acceptors (Lipinski definition) is 2. The second-order valence-corrected chi connectivity index (χ2v) is 6.33. The van der Waals surface area contributed by atoms with E-state index in [-0.39, 0.29) is 5.78 Å². The zero-order valence-electron chi connectivity index (χ0n) is 8.80. The first kappa shape index (κ1) is 13.1. The van der Waals surface area contributed by atoms with Crippen molar-refractivity contribution in [3.63, 3.8) is 0 Å². The SMILES string of the molecule is CSC(C)(C)C(=O)c1c(Cl)cccc1Br. The van der Waals surface area contributed by atoms with Crippen LogP contribution in [0.25, 0.3) is 0 Å². The Bertz CT molecular complexity index is 370. The van der Waals surface area contributed by atoms with E-state index >= 15 is 0 Å². The Morgan fingerprint density at radius 1 is 1.47 bits per heavy atom. The lowest BCUT2D eigenvalue weighted by Crippen LogP contribution is -2.28. The van der Waals surface area contributed by atoms with Gasteiger partial charge in [0.05, 0.1) is 15.3 Å². The van der Waals surface area contributed by atoms with Gasteiger partial charge >= 0.3 is 0 Å². The van der Waals surface area contributed by atoms with Crippen molar-refractivity contribution >= 4 is 45.1 Å². The normalized spacial score (nSPS) is 11.5. The molecule has 0 atom stereocenters. The molecule has 0 fully saturated rings. The van der Waals surface area contributed by atoms with Crippen molar-refractivity contribution in [1.82, 2.24) is 0 Å². The first-order chi connectivity index (χ1) is 6.90. The molecule has 0 N–H and O–H groups in total. The van der Waals surface area contributed by atoms with Crippen molar-refractivity contribution in [1.29, 1.82) is 0 Å². The molecule has 0 saturated carbocycles. The fourth-order valence-corrected chi connectivity index (χ4v) is 2.32. The van der Waals surface area contributed by atoms with E-state index in [1.54, 1.807) is 6.07 Å². The summed E-state index contributed by atoms with van der Waals surface area (Å²) in [5.74, 6) is 0.0486. The van der Waals surface area contributed by atoms with E-state index in [0.29, 0.717) is 10.6 Å². The van der Waals surface area contributed by atoms with E-state index in [0.717, 1.165) is 4.47 Å². The molecule has 0 bridgehead atoms. The van der Waals surface area contributed by atoms with Crippen molar-refractivity contribution in [2.45, 2.75) is 18.6 Å². The second kappa shape index (κ2) is 4.89. The predicted molar refractivity (Wildman–Crippen MR) is 71.1 cm³/mol. The molecule has 1 rings (SSSR count). The van der Waals surface area contributed by atoms with E-state index in [9.17, 15) is 4.79 Å². The molecular weight excluding hydrogens is 296 g/mol. The van der Waals surface area contributed by atoms with Crippen molar-refractivity contribution in [3.8, 4) is 0 Å². The lowest BCUT2D eigenvalue weighted by Gasteiger charge is -2.21. The number of Topliss-reactive ketones (excluding diaryl/α,β-unsaturated/α-hetero) is 1. The monoisotopic (exact) mass is 306 g/mol. The molecule has 0 amide bonds. The van der Waals surface area contributed by atoms with Gasteiger partial charge in [-0.15, -0.1) is 0 Å². The Morgan fingerprint density at radius 2 is 2.07 bits per heavy atom. The van der Waals surface area contributed by atoms with Gasteiger partial charge in [-0.05, 0) is 48.2 Å². The standard InChI is InChI=1S/C11H12BrClOS/c1-11(2,15-3)10(14)9-7(12)5-4-6-8(9)13/h4-6H,1-3H3. The van der Waals surface area contributed by atoms with Crippen LogP contribution in [0, 0.1) is 0 Å². The molecule has 15 heavy (non-hydrogen) atoms. The molecule has 0 radical (unpaired) electrons. The number of halogens is 2. The average Bonchev–Trinajstić information content (AvgIpc) is 2.17. The lowest BCUT2D eigenvalue weighted by molar-refractivity contribution is 0.0957. The van der Waals surface area contributed by atoms with Crippen LogP contribution in [0.4, 0.5) is 0 Å². The summed E-state index contributed by atoms with van der Waals surface area (Å²) >= 11 is 10.9. The van der Waals surface area contributed by atoms with Gasteiger partial charge in [0.25, 0.3) is 0 Å². The second-order valence-electron chi connectivity index (χ2n) is 3.64. The Morgan fingerprint density at radius 3 is 2.53 bits per heavy atom. The third-order valence-corrected chi connectivity index (χ3v) is 4.43. The molecule has 0 spiro atoms. The Kier molecular flexibility index (Phi) is 4.27. The van der Waals surface area contributed by atoms with Gasteiger partial charge in [-0.25, -0.2) is 0 Å². The Balaban J connectivity index is 3.23. The smallest absolute Gasteiger partial charge is 0.180 e. The molecule has 0 saturated heterocycles. The molecule has 1 aromatic rings. The van der Waals surface area contributed by atoms with Crippen LogP contribution in [-0.4, -0.2) is 16.8 Å². The van der Waals surface area contributed by atoms with E-state index in [4.69, 9.17) is 11.6 Å². The minimum absolute atomic E-state index is 0.0486. The maximum Gasteiger partial charge on any atom is 0.180 e. The fourth-order valence-electron chi connectivity index (χ4n) is 1.11. The van der Waals surface area contributed by atoms with Crippen LogP contribution in [0.5, 0.6) is 0 Å². The summed E-state index contributed by atoms with van der Waals surface area (Å²) in [5.41, 5.74) is 0.568. The highest BCUT2D eigenvalue weighted by Gasteiger charge is 2.30. The summed E-state index contributed by atoms with van der Waals surface area (Å²) in [6, 6.07) is 5.38. The number of hydrogen-bond donors (Lipinski definition) is 0. The summed E-state index contributed by atoms with van der Waals surface area (Å²) < 4.78 is 0.301. The predicted octanol–water partition coefficient (Wildman–Crippen LogP) is 4.43. The van der Waals surface area contributed by atoms with Gasteiger partial charge < -0.3 is 0 Å². The highest BCUT2D eigenvalue weighted by Crippen LogP contribution is 2.33. The molecule has 4 heteroatoms. The molecule has 0 aromatic heterocycles. The van der Waals surface area contributed by atoms with Gasteiger partial charge in [0, 0.05) is 4.47 Å². The van der Waals surface area contributed by atoms with Gasteiger partial charge in [-0.1, -0.05) is 17.7 Å². The Labute approximate surface area is 108 Å². The van der Waals surface area contributed by atoms with Crippen LogP contribution in [0.3, 0.4) is 0 Å². The zero-order valence-corrected chi connectivity index (χ0v) is 12.0. The first-order valence-electron chi connectivity index (χ1n) is 4.44. The minimum atomic E-state index is -0.451. The molecular formula is C11H12BrClOS. The van der Waals surface area contributed by atoms with E-state index in [1.807, 2.05) is 32.2 Å². The number of benzene rings is 1. The van der Waals surface area contributed by atoms with Crippen molar-refractivity contribution in [2.75, 3.05) is 6.26 Å². The quantitative estimate of drug-likeness (QED) is 0.769. The molecule has 1 nitrogen and oxygen atoms in total. The van der Waals surface area contributed by atoms with Crippen LogP contribution >= 0.6 is 39.3 Å². The third-order valence-electron chi connectivity index (χ3n) is 2.25. The van der Waals surface area contributed by atoms with Crippen LogP contribution in [0.15, 0.2) is 22.7 Å². The topological polar surface area (TPSA) is 17.1 Å². The number of thioether (sulfide) groups is 1. The maximum atomic E-state index is 12.2. The van der Waals surface area contributed by atoms with Gasteiger partial charge in [0.2, 0.25) is 0 Å². The summed E-state index contributed by atoms with van der Waals surface area (Å²) in [7, 11) is 0. The number of ketones is 1. The highest BCUT2D eigenvalue weighted by molar-refractivity contribution is 9.10. The fraction of sp³-hybridized carbons (Fsp3) is 0.364. The number of carbonyl (C=O) groups is 1. The summed E-state index contributed by atoms with van der Waals surface area (Å²) in [6.07, 6.45) is 1.92. The maximum absolute atomic E-state index is 12.2. The van der Waals surface area contributed by atoms with Crippen molar-refractivity contribution < 1.29 is 4.79 Å². The van der Waals surface area contributed by atoms with E-state index < -0.39 is 4.75 Å². The van der Waals surface area contributed by atoms with E-state index in [2.05, 4.69) is 15.9 Å². The molecule has 82 valence electrons. The largest absolute Gasteiger partial charge is 0.293 e. The molecule has 0 heterocycles. The molecule has 0 aliphatic heterocycles.